The number of aromatic nitrogens is 1. The van der Waals surface area contributed by atoms with Crippen molar-refractivity contribution in [3.05, 3.63) is 24.4 Å². The molecular weight excluding hydrogens is 263 g/mol. The van der Waals surface area contributed by atoms with Crippen LogP contribution in [-0.4, -0.2) is 42.8 Å². The summed E-state index contributed by atoms with van der Waals surface area (Å²) in [6, 6.07) is 4.95. The van der Waals surface area contributed by atoms with Crippen LogP contribution in [0.5, 0.6) is 0 Å². The van der Waals surface area contributed by atoms with Crippen molar-refractivity contribution >= 4 is 19.4 Å². The SMILES string of the molecule is O=C(O)C(O)(CCNc1ccccn1)P(=O)(O)O. The van der Waals surface area contributed by atoms with Gasteiger partial charge in [-0.1, -0.05) is 6.07 Å². The standard InChI is InChI=1S/C9H13N2O6P/c12-8(13)9(14,18(15,16)17)4-6-11-7-3-1-2-5-10-7/h1-3,5,14H,4,6H2,(H,10,11)(H,12,13)(H2,15,16,17). The van der Waals surface area contributed by atoms with Crippen LogP contribution in [0.25, 0.3) is 0 Å². The minimum Gasteiger partial charge on any atom is -0.479 e. The highest BCUT2D eigenvalue weighted by molar-refractivity contribution is 7.54. The number of nitrogens with one attached hydrogen (secondary N) is 1. The Labute approximate surface area is 102 Å². The number of nitrogens with zero attached hydrogens (tertiary/aromatic N) is 1. The van der Waals surface area contributed by atoms with Crippen molar-refractivity contribution in [2.45, 2.75) is 11.8 Å². The van der Waals surface area contributed by atoms with Crippen molar-refractivity contribution in [1.82, 2.24) is 4.98 Å². The van der Waals surface area contributed by atoms with Gasteiger partial charge in [-0.25, -0.2) is 9.78 Å². The average molecular weight is 276 g/mol. The molecule has 1 aromatic heterocycles. The summed E-state index contributed by atoms with van der Waals surface area (Å²) < 4.78 is 11.0. The first kappa shape index (κ1) is 14.6. The van der Waals surface area contributed by atoms with E-state index in [9.17, 15) is 14.5 Å². The summed E-state index contributed by atoms with van der Waals surface area (Å²) in [5.74, 6) is -1.55. The predicted octanol–water partition coefficient (Wildman–Crippen LogP) is -0.166. The topological polar surface area (TPSA) is 140 Å². The minimum atomic E-state index is -5.17. The molecule has 1 rings (SSSR count). The van der Waals surface area contributed by atoms with E-state index in [2.05, 4.69) is 10.3 Å². The fourth-order valence-corrected chi connectivity index (χ4v) is 1.86. The van der Waals surface area contributed by atoms with Crippen molar-refractivity contribution in [2.75, 3.05) is 11.9 Å². The van der Waals surface area contributed by atoms with Crippen LogP contribution >= 0.6 is 7.60 Å². The Morgan fingerprint density at radius 2 is 2.11 bits per heavy atom. The van der Waals surface area contributed by atoms with E-state index >= 15 is 0 Å². The first-order chi connectivity index (χ1) is 8.27. The van der Waals surface area contributed by atoms with Gasteiger partial charge in [-0.15, -0.1) is 0 Å². The monoisotopic (exact) mass is 276 g/mol. The van der Waals surface area contributed by atoms with Gasteiger partial charge in [0.25, 0.3) is 5.34 Å². The van der Waals surface area contributed by atoms with Gasteiger partial charge in [0.2, 0.25) is 0 Å². The maximum atomic E-state index is 11.0. The number of aliphatic carboxylic acids is 1. The maximum absolute atomic E-state index is 11.0. The zero-order valence-corrected chi connectivity index (χ0v) is 10.1. The minimum absolute atomic E-state index is 0.148. The molecule has 100 valence electrons. The number of anilines is 1. The second kappa shape index (κ2) is 5.45. The highest BCUT2D eigenvalue weighted by atomic mass is 31.2. The summed E-state index contributed by atoms with van der Waals surface area (Å²) in [5.41, 5.74) is 0. The Kier molecular flexibility index (Phi) is 4.42. The number of hydrogen-bond acceptors (Lipinski definition) is 5. The molecule has 0 fully saturated rings. The van der Waals surface area contributed by atoms with Crippen molar-refractivity contribution < 1.29 is 29.4 Å². The van der Waals surface area contributed by atoms with Crippen LogP contribution in [-0.2, 0) is 9.36 Å². The van der Waals surface area contributed by atoms with E-state index in [0.29, 0.717) is 5.82 Å². The summed E-state index contributed by atoms with van der Waals surface area (Å²) in [7, 11) is -5.17. The lowest BCUT2D eigenvalue weighted by Crippen LogP contribution is -2.40. The van der Waals surface area contributed by atoms with E-state index in [1.54, 1.807) is 18.2 Å². The predicted molar refractivity (Wildman–Crippen MR) is 62.0 cm³/mol. The molecule has 0 bridgehead atoms. The van der Waals surface area contributed by atoms with E-state index in [1.807, 2.05) is 0 Å². The molecule has 0 aromatic carbocycles. The zero-order valence-electron chi connectivity index (χ0n) is 9.22. The van der Waals surface area contributed by atoms with Crippen LogP contribution in [0, 0.1) is 0 Å². The van der Waals surface area contributed by atoms with Gasteiger partial charge < -0.3 is 25.3 Å². The Bertz CT molecular complexity index is 461. The van der Waals surface area contributed by atoms with E-state index in [1.165, 1.54) is 6.20 Å². The summed E-state index contributed by atoms with van der Waals surface area (Å²) in [5, 5.41) is 17.7. The van der Waals surface area contributed by atoms with Crippen LogP contribution < -0.4 is 5.32 Å². The van der Waals surface area contributed by atoms with E-state index < -0.39 is 25.3 Å². The fourth-order valence-electron chi connectivity index (χ4n) is 1.21. The first-order valence-corrected chi connectivity index (χ1v) is 6.55. The van der Waals surface area contributed by atoms with E-state index in [4.69, 9.17) is 14.9 Å². The van der Waals surface area contributed by atoms with Crippen LogP contribution in [0.3, 0.4) is 0 Å². The van der Waals surface area contributed by atoms with Crippen molar-refractivity contribution in [1.29, 1.82) is 0 Å². The Balaban J connectivity index is 2.66. The van der Waals surface area contributed by atoms with Crippen molar-refractivity contribution in [3.63, 3.8) is 0 Å². The number of hydrogen-bond donors (Lipinski definition) is 5. The molecule has 8 nitrogen and oxygen atoms in total. The van der Waals surface area contributed by atoms with Gasteiger partial charge in [0.1, 0.15) is 5.82 Å². The molecule has 0 aliphatic carbocycles. The number of carboxylic acid groups (broad SMARTS) is 1. The second-order valence-corrected chi connectivity index (χ2v) is 5.39. The molecule has 1 unspecified atom stereocenters. The Hall–Kier alpha value is -1.47. The van der Waals surface area contributed by atoms with Crippen molar-refractivity contribution in [3.8, 4) is 0 Å². The molecule has 0 radical (unpaired) electrons. The molecule has 0 spiro atoms. The molecule has 9 heteroatoms. The molecule has 5 N–H and O–H groups in total. The lowest BCUT2D eigenvalue weighted by atomic mass is 10.2. The van der Waals surface area contributed by atoms with Gasteiger partial charge in [-0.2, -0.15) is 0 Å². The summed E-state index contributed by atoms with van der Waals surface area (Å²) in [6.07, 6.45) is 0.845. The maximum Gasteiger partial charge on any atom is 0.368 e. The summed E-state index contributed by atoms with van der Waals surface area (Å²) >= 11 is 0. The third-order valence-corrected chi connectivity index (χ3v) is 3.65. The average Bonchev–Trinajstić information content (AvgIpc) is 2.28. The van der Waals surface area contributed by atoms with Gasteiger partial charge in [0.05, 0.1) is 0 Å². The summed E-state index contributed by atoms with van der Waals surface area (Å²) in [4.78, 5) is 32.3. The van der Waals surface area contributed by atoms with Crippen LogP contribution in [0.4, 0.5) is 5.82 Å². The van der Waals surface area contributed by atoms with Crippen LogP contribution in [0.1, 0.15) is 6.42 Å². The fraction of sp³-hybridized carbons (Fsp3) is 0.333. The quantitative estimate of drug-likeness (QED) is 0.451. The normalized spacial score (nSPS) is 14.8. The molecule has 1 heterocycles. The second-order valence-electron chi connectivity index (χ2n) is 3.56. The Morgan fingerprint density at radius 3 is 2.56 bits per heavy atom. The van der Waals surface area contributed by atoms with Gasteiger partial charge in [0, 0.05) is 19.2 Å². The van der Waals surface area contributed by atoms with Crippen LogP contribution in [0.15, 0.2) is 24.4 Å². The van der Waals surface area contributed by atoms with Gasteiger partial charge in [-0.3, -0.25) is 4.57 Å². The number of aliphatic hydroxyl groups is 1. The third kappa shape index (κ3) is 3.27. The van der Waals surface area contributed by atoms with E-state index in [-0.39, 0.29) is 6.54 Å². The number of carboxylic acids is 1. The molecule has 0 amide bonds. The molecule has 1 atom stereocenters. The zero-order chi connectivity index (χ0) is 13.8. The number of pyridine rings is 1. The lowest BCUT2D eigenvalue weighted by molar-refractivity contribution is -0.151. The Morgan fingerprint density at radius 1 is 1.44 bits per heavy atom. The molecule has 18 heavy (non-hydrogen) atoms. The first-order valence-electron chi connectivity index (χ1n) is 4.94. The van der Waals surface area contributed by atoms with Gasteiger partial charge >= 0.3 is 13.6 Å². The van der Waals surface area contributed by atoms with Gasteiger partial charge in [-0.05, 0) is 12.1 Å². The molecule has 1 aromatic rings. The number of rotatable bonds is 6. The molecule has 0 aliphatic rings. The highest BCUT2D eigenvalue weighted by Crippen LogP contribution is 2.50. The lowest BCUT2D eigenvalue weighted by Gasteiger charge is -2.24. The third-order valence-electron chi connectivity index (χ3n) is 2.27. The largest absolute Gasteiger partial charge is 0.479 e. The molecule has 0 saturated carbocycles. The van der Waals surface area contributed by atoms with E-state index in [0.717, 1.165) is 0 Å². The smallest absolute Gasteiger partial charge is 0.368 e. The highest BCUT2D eigenvalue weighted by Gasteiger charge is 2.52. The molecule has 0 saturated heterocycles. The van der Waals surface area contributed by atoms with Crippen molar-refractivity contribution in [2.24, 2.45) is 0 Å². The summed E-state index contributed by atoms with van der Waals surface area (Å²) in [6.45, 7) is -0.148. The van der Waals surface area contributed by atoms with Crippen LogP contribution in [0.2, 0.25) is 0 Å². The van der Waals surface area contributed by atoms with Gasteiger partial charge in [0.15, 0.2) is 0 Å². The molecular formula is C9H13N2O6P. The molecule has 0 aliphatic heterocycles. The number of carbonyl (C=O) groups is 1.